The van der Waals surface area contributed by atoms with Crippen LogP contribution in [0.5, 0.6) is 0 Å². The van der Waals surface area contributed by atoms with E-state index in [2.05, 4.69) is 31.6 Å². The quantitative estimate of drug-likeness (QED) is 0.613. The number of rotatable bonds is 0. The van der Waals surface area contributed by atoms with Crippen LogP contribution in [0.3, 0.4) is 0 Å². The second-order valence-corrected chi connectivity index (χ2v) is 3.69. The van der Waals surface area contributed by atoms with E-state index in [0.29, 0.717) is 0 Å². The fourth-order valence-corrected chi connectivity index (χ4v) is 1.88. The van der Waals surface area contributed by atoms with Gasteiger partial charge < -0.3 is 4.57 Å². The first kappa shape index (κ1) is 7.10. The van der Waals surface area contributed by atoms with Crippen LogP contribution in [0.4, 0.5) is 0 Å². The highest BCUT2D eigenvalue weighted by molar-refractivity contribution is 9.14. The molecule has 0 saturated carbocycles. The Balaban J connectivity index is 2.92. The van der Waals surface area contributed by atoms with Crippen LogP contribution in [-0.4, -0.2) is 9.55 Å². The molecule has 0 saturated heterocycles. The predicted octanol–water partition coefficient (Wildman–Crippen LogP) is 0.497. The van der Waals surface area contributed by atoms with Gasteiger partial charge in [0.25, 0.3) is 0 Å². The molecule has 0 aromatic carbocycles. The number of imidazole rings is 1. The second kappa shape index (κ2) is 2.48. The van der Waals surface area contributed by atoms with Crippen LogP contribution in [0.25, 0.3) is 10.6 Å². The van der Waals surface area contributed by atoms with Crippen LogP contribution >= 0.6 is 15.9 Å². The van der Waals surface area contributed by atoms with E-state index < -0.39 is 0 Å². The van der Waals surface area contributed by atoms with Crippen molar-refractivity contribution in [1.29, 1.82) is 0 Å². The van der Waals surface area contributed by atoms with Crippen molar-refractivity contribution >= 4 is 26.5 Å². The lowest BCUT2D eigenvalue weighted by Gasteiger charge is -1.99. The van der Waals surface area contributed by atoms with Crippen LogP contribution in [0.15, 0.2) is 6.33 Å². The molecule has 11 heavy (non-hydrogen) atoms. The average Bonchev–Trinajstić information content (AvgIpc) is 2.35. The van der Waals surface area contributed by atoms with Gasteiger partial charge in [0.05, 0.1) is 17.0 Å². The molecule has 2 rings (SSSR count). The third kappa shape index (κ3) is 1.03. The molecule has 0 aliphatic heterocycles. The third-order valence-corrected chi connectivity index (χ3v) is 2.71. The minimum atomic E-state index is 1.09. The third-order valence-electron chi connectivity index (χ3n) is 1.94. The Bertz CT molecular complexity index is 389. The first-order chi connectivity index (χ1) is 5.29. The second-order valence-electron chi connectivity index (χ2n) is 2.74. The number of hydrogen-bond acceptors (Lipinski definition) is 1. The van der Waals surface area contributed by atoms with E-state index in [1.807, 2.05) is 13.4 Å². The fourth-order valence-electron chi connectivity index (χ4n) is 1.34. The summed E-state index contributed by atoms with van der Waals surface area (Å²) in [5.74, 6) is 0. The SMILES string of the molecule is Cn1cnc2c1=CCCC=2Br. The highest BCUT2D eigenvalue weighted by atomic mass is 79.9. The molecule has 58 valence electrons. The number of hydrogen-bond donors (Lipinski definition) is 0. The average molecular weight is 213 g/mol. The van der Waals surface area contributed by atoms with Gasteiger partial charge in [-0.3, -0.25) is 0 Å². The summed E-state index contributed by atoms with van der Waals surface area (Å²) < 4.78 is 3.28. The number of aryl methyl sites for hydroxylation is 1. The summed E-state index contributed by atoms with van der Waals surface area (Å²) in [5, 5.41) is 2.35. The lowest BCUT2D eigenvalue weighted by Crippen LogP contribution is -2.31. The summed E-state index contributed by atoms with van der Waals surface area (Å²) in [6.45, 7) is 0. The molecule has 1 aromatic rings. The van der Waals surface area contributed by atoms with Gasteiger partial charge >= 0.3 is 0 Å². The molecule has 1 aliphatic rings. The van der Waals surface area contributed by atoms with E-state index in [1.165, 1.54) is 9.83 Å². The van der Waals surface area contributed by atoms with Gasteiger partial charge in [0, 0.05) is 11.5 Å². The number of aromatic nitrogens is 2. The summed E-state index contributed by atoms with van der Waals surface area (Å²) in [6, 6.07) is 0. The highest BCUT2D eigenvalue weighted by Gasteiger charge is 2.03. The first-order valence-electron chi connectivity index (χ1n) is 3.65. The van der Waals surface area contributed by atoms with Gasteiger partial charge in [0.15, 0.2) is 0 Å². The largest absolute Gasteiger partial charge is 0.334 e. The van der Waals surface area contributed by atoms with E-state index in [9.17, 15) is 0 Å². The number of nitrogens with zero attached hydrogens (tertiary/aromatic N) is 2. The van der Waals surface area contributed by atoms with Crippen molar-refractivity contribution in [2.24, 2.45) is 7.05 Å². The molecule has 2 nitrogen and oxygen atoms in total. The highest BCUT2D eigenvalue weighted by Crippen LogP contribution is 2.13. The standard InChI is InChI=1S/C8H9BrN2/c1-11-5-10-8-6(9)3-2-4-7(8)11/h4-5H,2-3H2,1H3. The summed E-state index contributed by atoms with van der Waals surface area (Å²) in [7, 11) is 2.02. The minimum Gasteiger partial charge on any atom is -0.334 e. The van der Waals surface area contributed by atoms with Crippen molar-refractivity contribution < 1.29 is 0 Å². The molecule has 0 bridgehead atoms. The molecule has 0 N–H and O–H groups in total. The predicted molar refractivity (Wildman–Crippen MR) is 48.5 cm³/mol. The van der Waals surface area contributed by atoms with Crippen molar-refractivity contribution in [3.8, 4) is 0 Å². The Labute approximate surface area is 73.4 Å². The molecule has 0 atom stereocenters. The maximum atomic E-state index is 4.29. The molecule has 1 aromatic heterocycles. The van der Waals surface area contributed by atoms with E-state index in [1.54, 1.807) is 0 Å². The summed E-state index contributed by atoms with van der Waals surface area (Å²) in [6.07, 6.45) is 6.29. The molecule has 1 heterocycles. The van der Waals surface area contributed by atoms with Gasteiger partial charge in [0.2, 0.25) is 0 Å². The van der Waals surface area contributed by atoms with Gasteiger partial charge in [0.1, 0.15) is 0 Å². The van der Waals surface area contributed by atoms with Crippen molar-refractivity contribution in [1.82, 2.24) is 9.55 Å². The van der Waals surface area contributed by atoms with Gasteiger partial charge in [-0.25, -0.2) is 4.98 Å². The molecule has 0 unspecified atom stereocenters. The fraction of sp³-hybridized carbons (Fsp3) is 0.375. The topological polar surface area (TPSA) is 17.8 Å². The van der Waals surface area contributed by atoms with Crippen molar-refractivity contribution in [3.05, 3.63) is 17.0 Å². The molecule has 0 fully saturated rings. The van der Waals surface area contributed by atoms with Gasteiger partial charge in [-0.1, -0.05) is 22.0 Å². The Hall–Kier alpha value is -0.570. The maximum absolute atomic E-state index is 4.29. The Kier molecular flexibility index (Phi) is 1.60. The van der Waals surface area contributed by atoms with Crippen molar-refractivity contribution in [2.45, 2.75) is 12.8 Å². The minimum absolute atomic E-state index is 1.09. The molecule has 0 spiro atoms. The Morgan fingerprint density at radius 3 is 3.18 bits per heavy atom. The van der Waals surface area contributed by atoms with E-state index in [4.69, 9.17) is 0 Å². The smallest absolute Gasteiger partial charge is 0.0982 e. The van der Waals surface area contributed by atoms with Gasteiger partial charge in [-0.15, -0.1) is 0 Å². The molecular formula is C8H9BrN2. The van der Waals surface area contributed by atoms with Crippen LogP contribution in [0, 0.1) is 0 Å². The Morgan fingerprint density at radius 2 is 2.45 bits per heavy atom. The monoisotopic (exact) mass is 212 g/mol. The van der Waals surface area contributed by atoms with Crippen LogP contribution < -0.4 is 10.7 Å². The lowest BCUT2D eigenvalue weighted by molar-refractivity contribution is 0.872. The zero-order valence-corrected chi connectivity index (χ0v) is 7.93. The van der Waals surface area contributed by atoms with Crippen molar-refractivity contribution in [2.75, 3.05) is 0 Å². The van der Waals surface area contributed by atoms with Crippen LogP contribution in [0.2, 0.25) is 0 Å². The van der Waals surface area contributed by atoms with E-state index >= 15 is 0 Å². The number of fused-ring (bicyclic) bond motifs is 1. The normalized spacial score (nSPS) is 16.0. The van der Waals surface area contributed by atoms with Crippen molar-refractivity contribution in [3.63, 3.8) is 0 Å². The molecule has 0 amide bonds. The van der Waals surface area contributed by atoms with E-state index in [0.717, 1.165) is 18.2 Å². The molecular weight excluding hydrogens is 204 g/mol. The van der Waals surface area contributed by atoms with Gasteiger partial charge in [-0.2, -0.15) is 0 Å². The summed E-state index contributed by atoms with van der Waals surface area (Å²) in [4.78, 5) is 4.29. The van der Waals surface area contributed by atoms with Gasteiger partial charge in [-0.05, 0) is 12.8 Å². The molecule has 3 heteroatoms. The summed E-state index contributed by atoms with van der Waals surface area (Å²) >= 11 is 3.52. The lowest BCUT2D eigenvalue weighted by atomic mass is 10.2. The maximum Gasteiger partial charge on any atom is 0.0982 e. The number of halogens is 1. The summed E-state index contributed by atoms with van der Waals surface area (Å²) in [5.41, 5.74) is 0. The first-order valence-corrected chi connectivity index (χ1v) is 4.44. The Morgan fingerprint density at radius 1 is 1.64 bits per heavy atom. The van der Waals surface area contributed by atoms with E-state index in [-0.39, 0.29) is 0 Å². The molecule has 1 aliphatic carbocycles. The molecule has 0 radical (unpaired) electrons. The van der Waals surface area contributed by atoms with Crippen LogP contribution in [-0.2, 0) is 7.05 Å². The zero-order valence-electron chi connectivity index (χ0n) is 6.34. The van der Waals surface area contributed by atoms with Crippen LogP contribution in [0.1, 0.15) is 12.8 Å². The zero-order chi connectivity index (χ0) is 7.84.